The topological polar surface area (TPSA) is 460 Å². The van der Waals surface area contributed by atoms with Crippen LogP contribution in [0.25, 0.3) is 55.0 Å². The highest BCUT2D eigenvalue weighted by atomic mass is 16.6. The summed E-state index contributed by atoms with van der Waals surface area (Å²) < 4.78 is 26.2. The number of aldehydes is 1. The van der Waals surface area contributed by atoms with Crippen molar-refractivity contribution >= 4 is 56.9 Å². The first-order valence-corrected chi connectivity index (χ1v) is 18.4. The molecule has 2 aromatic heterocycles. The SMILES string of the molecule is O=CC(O)C(OC(=O)c1cc(O)c(O)c(O)c1)C1OC(=O)c2cc(O)c(O)c(O)c2-c2c(O)c(O)c3oc(=O)c4c(c(O)c(O)c5oc(=O)c2c3c54)-c2c(cc(O)c(O)c2O)C(=O)OCC1O. The number of benzene rings is 5. The monoisotopic (exact) mass is 934 g/mol. The number of aliphatic hydroxyl groups excluding tert-OH is 2. The molecule has 1 aliphatic heterocycles. The molecule has 5 aromatic carbocycles. The lowest BCUT2D eigenvalue weighted by atomic mass is 9.88. The predicted molar refractivity (Wildman–Crippen MR) is 213 cm³/mol. The summed E-state index contributed by atoms with van der Waals surface area (Å²) in [5, 5.41) is 159. The lowest BCUT2D eigenvalue weighted by Crippen LogP contribution is -2.51. The highest BCUT2D eigenvalue weighted by molar-refractivity contribution is 6.29. The van der Waals surface area contributed by atoms with Crippen LogP contribution in [0.2, 0.25) is 0 Å². The normalized spacial score (nSPS) is 16.1. The summed E-state index contributed by atoms with van der Waals surface area (Å²) in [6.45, 7) is -1.56. The summed E-state index contributed by atoms with van der Waals surface area (Å²) in [6.07, 6.45) is -11.2. The van der Waals surface area contributed by atoms with Crippen molar-refractivity contribution in [3.8, 4) is 97.0 Å². The van der Waals surface area contributed by atoms with Gasteiger partial charge >= 0.3 is 29.2 Å². The van der Waals surface area contributed by atoms with Crippen LogP contribution >= 0.6 is 0 Å². The quantitative estimate of drug-likeness (QED) is 0.0284. The van der Waals surface area contributed by atoms with Crippen molar-refractivity contribution in [2.24, 2.45) is 0 Å². The van der Waals surface area contributed by atoms with Crippen molar-refractivity contribution in [2.75, 3.05) is 6.61 Å². The first-order chi connectivity index (χ1) is 31.5. The van der Waals surface area contributed by atoms with Crippen LogP contribution in [0.15, 0.2) is 42.7 Å². The number of aromatic hydroxyl groups is 13. The Hall–Kier alpha value is -9.56. The van der Waals surface area contributed by atoms with Gasteiger partial charge in [0.2, 0.25) is 23.0 Å². The number of hydrogen-bond donors (Lipinski definition) is 15. The second-order valence-corrected chi connectivity index (χ2v) is 14.5. The van der Waals surface area contributed by atoms with E-state index in [2.05, 4.69) is 0 Å². The molecule has 0 saturated heterocycles. The van der Waals surface area contributed by atoms with Crippen LogP contribution in [0.4, 0.5) is 0 Å². The Morgan fingerprint density at radius 1 is 0.567 bits per heavy atom. The maximum Gasteiger partial charge on any atom is 0.345 e. The third-order valence-electron chi connectivity index (χ3n) is 10.7. The standard InChI is InChI=1S/C41H26O26/c42-5-14(47)33(64-37(58)7-1-10(43)24(49)11(44)2-7)34-15(48)6-63-38(59)8-3-12(45)25(50)27(52)16(8)18-22-20-21-23(41(62)67-35(20)31(56)29(18)54)19(30(55)32(57)36(21)66-40(22)61)17-9(39(60)65-34)4-13(46)26(51)28(17)53/h1-5,14-15,33-34,43-57H,6H2. The van der Waals surface area contributed by atoms with Crippen molar-refractivity contribution in [3.05, 3.63) is 61.8 Å². The zero-order valence-electron chi connectivity index (χ0n) is 32.6. The van der Waals surface area contributed by atoms with Gasteiger partial charge in [-0.25, -0.2) is 24.0 Å². The molecule has 4 atom stereocenters. The second kappa shape index (κ2) is 15.3. The number of aliphatic hydroxyl groups is 2. The highest BCUT2D eigenvalue weighted by Crippen LogP contribution is 2.58. The van der Waals surface area contributed by atoms with Gasteiger partial charge in [-0.15, -0.1) is 0 Å². The Balaban J connectivity index is 1.50. The molecular formula is C41H26O26. The molecule has 26 nitrogen and oxygen atoms in total. The Morgan fingerprint density at radius 3 is 1.43 bits per heavy atom. The van der Waals surface area contributed by atoms with Crippen LogP contribution in [0.3, 0.4) is 0 Å². The van der Waals surface area contributed by atoms with E-state index in [1.807, 2.05) is 0 Å². The van der Waals surface area contributed by atoms with E-state index in [0.29, 0.717) is 18.2 Å². The van der Waals surface area contributed by atoms with Crippen LogP contribution in [-0.4, -0.2) is 132 Å². The van der Waals surface area contributed by atoms with Crippen LogP contribution in [-0.2, 0) is 19.0 Å². The molecule has 4 unspecified atom stereocenters. The minimum absolute atomic E-state index is 0.278. The Kier molecular flexibility index (Phi) is 10.1. The highest BCUT2D eigenvalue weighted by Gasteiger charge is 2.43. The zero-order chi connectivity index (χ0) is 49.0. The van der Waals surface area contributed by atoms with Gasteiger partial charge in [0.05, 0.1) is 27.5 Å². The minimum atomic E-state index is -2.77. The van der Waals surface area contributed by atoms with E-state index in [4.69, 9.17) is 23.0 Å². The molecule has 0 spiro atoms. The Morgan fingerprint density at radius 2 is 0.985 bits per heavy atom. The molecule has 0 radical (unpaired) electrons. The summed E-state index contributed by atoms with van der Waals surface area (Å²) in [4.78, 5) is 81.9. The van der Waals surface area contributed by atoms with Crippen molar-refractivity contribution in [3.63, 3.8) is 0 Å². The molecular weight excluding hydrogens is 908 g/mol. The van der Waals surface area contributed by atoms with E-state index in [0.717, 1.165) is 0 Å². The second-order valence-electron chi connectivity index (χ2n) is 14.5. The van der Waals surface area contributed by atoms with Crippen molar-refractivity contribution in [1.29, 1.82) is 0 Å². The molecule has 346 valence electrons. The van der Waals surface area contributed by atoms with E-state index < -0.39 is 207 Å². The fraction of sp³-hybridized carbons (Fsp3) is 0.122. The van der Waals surface area contributed by atoms with Crippen LogP contribution < -0.4 is 11.3 Å². The van der Waals surface area contributed by atoms with Crippen molar-refractivity contribution in [2.45, 2.75) is 24.4 Å². The number of phenolic OH excluding ortho intramolecular Hbond substituents is 13. The fourth-order valence-electron chi connectivity index (χ4n) is 7.59. The number of rotatable bonds is 5. The summed E-state index contributed by atoms with van der Waals surface area (Å²) in [5.41, 5.74) is -14.0. The first kappa shape index (κ1) is 44.1. The smallest absolute Gasteiger partial charge is 0.345 e. The molecule has 26 heteroatoms. The van der Waals surface area contributed by atoms with Crippen molar-refractivity contribution in [1.82, 2.24) is 0 Å². The van der Waals surface area contributed by atoms with Gasteiger partial charge in [-0.2, -0.15) is 0 Å². The molecule has 3 heterocycles. The lowest BCUT2D eigenvalue weighted by Gasteiger charge is -2.31. The summed E-state index contributed by atoms with van der Waals surface area (Å²) >= 11 is 0. The number of esters is 3. The molecule has 1 aliphatic rings. The molecule has 0 aliphatic carbocycles. The average molecular weight is 935 g/mol. The van der Waals surface area contributed by atoms with Crippen molar-refractivity contribution < 1.29 is 119 Å². The number of fused-ring (bicyclic) bond motifs is 4. The molecule has 67 heavy (non-hydrogen) atoms. The van der Waals surface area contributed by atoms with Crippen LogP contribution in [0, 0.1) is 0 Å². The molecule has 7 aromatic rings. The van der Waals surface area contributed by atoms with Crippen LogP contribution in [0.1, 0.15) is 31.1 Å². The van der Waals surface area contributed by atoms with Gasteiger partial charge in [0, 0.05) is 33.0 Å². The number of ether oxygens (including phenoxy) is 3. The molecule has 15 N–H and O–H groups in total. The number of hydrogen-bond acceptors (Lipinski definition) is 26. The minimum Gasteiger partial charge on any atom is -0.504 e. The fourth-order valence-corrected chi connectivity index (χ4v) is 7.59. The number of carbonyl (C=O) groups excluding carboxylic acids is 4. The van der Waals surface area contributed by atoms with Gasteiger partial charge in [0.25, 0.3) is 0 Å². The van der Waals surface area contributed by atoms with Gasteiger partial charge in [0.1, 0.15) is 18.8 Å². The lowest BCUT2D eigenvalue weighted by molar-refractivity contribution is -0.140. The maximum absolute atomic E-state index is 14.4. The van der Waals surface area contributed by atoms with E-state index >= 15 is 0 Å². The zero-order valence-corrected chi connectivity index (χ0v) is 32.6. The number of phenols is 13. The predicted octanol–water partition coefficient (Wildman–Crippen LogP) is 0.839. The third-order valence-corrected chi connectivity index (χ3v) is 10.7. The molecule has 0 saturated carbocycles. The first-order valence-electron chi connectivity index (χ1n) is 18.4. The molecule has 6 bridgehead atoms. The average Bonchev–Trinajstić information content (AvgIpc) is 3.28. The van der Waals surface area contributed by atoms with E-state index in [1.54, 1.807) is 0 Å². The van der Waals surface area contributed by atoms with Gasteiger partial charge in [-0.05, 0) is 24.3 Å². The Labute approximate surface area is 365 Å². The number of carbonyl (C=O) groups is 4. The summed E-state index contributed by atoms with van der Waals surface area (Å²) in [6, 6.07) is 1.63. The summed E-state index contributed by atoms with van der Waals surface area (Å²) in [7, 11) is 0. The van der Waals surface area contributed by atoms with Crippen LogP contribution in [0.5, 0.6) is 74.7 Å². The number of cyclic esters (lactones) is 2. The van der Waals surface area contributed by atoms with E-state index in [1.165, 1.54) is 0 Å². The Bertz CT molecular complexity index is 3450. The summed E-state index contributed by atoms with van der Waals surface area (Å²) in [5.74, 6) is -24.0. The van der Waals surface area contributed by atoms with Gasteiger partial charge < -0.3 is 104 Å². The van der Waals surface area contributed by atoms with Gasteiger partial charge in [-0.1, -0.05) is 0 Å². The van der Waals surface area contributed by atoms with Gasteiger partial charge in [0.15, 0.2) is 81.4 Å². The third kappa shape index (κ3) is 6.42. The maximum atomic E-state index is 14.4. The van der Waals surface area contributed by atoms with Gasteiger partial charge in [-0.3, -0.25) is 0 Å². The molecule has 0 fully saturated rings. The molecule has 0 amide bonds. The van der Waals surface area contributed by atoms with E-state index in [-0.39, 0.29) is 12.4 Å². The molecule has 8 rings (SSSR count). The largest absolute Gasteiger partial charge is 0.504 e. The van der Waals surface area contributed by atoms with E-state index in [9.17, 15) is 105 Å².